The molecule has 3 amide bonds. The normalized spacial score (nSPS) is 25.7. The zero-order chi connectivity index (χ0) is 18.1. The summed E-state index contributed by atoms with van der Waals surface area (Å²) in [6.45, 7) is 4.12. The monoisotopic (exact) mass is 351 g/mol. The molecule has 1 aromatic heterocycles. The van der Waals surface area contributed by atoms with Gasteiger partial charge in [-0.1, -0.05) is 37.5 Å². The number of urea groups is 1. The second-order valence-electron chi connectivity index (χ2n) is 8.46. The molecule has 136 valence electrons. The number of para-hydroxylation sites is 1. The van der Waals surface area contributed by atoms with Gasteiger partial charge in [-0.3, -0.25) is 9.69 Å². The number of carbonyl (C=O) groups excluding carboxylic acids is 2. The zero-order valence-electron chi connectivity index (χ0n) is 15.4. The van der Waals surface area contributed by atoms with Crippen molar-refractivity contribution in [1.29, 1.82) is 0 Å². The number of H-pyrrole nitrogens is 1. The Kier molecular flexibility index (Phi) is 3.27. The third kappa shape index (κ3) is 1.97. The van der Waals surface area contributed by atoms with Crippen molar-refractivity contribution in [2.45, 2.75) is 70.0 Å². The van der Waals surface area contributed by atoms with Gasteiger partial charge in [-0.2, -0.15) is 0 Å². The molecule has 0 spiro atoms. The highest BCUT2D eigenvalue weighted by Gasteiger charge is 2.56. The minimum Gasteiger partial charge on any atom is -0.356 e. The van der Waals surface area contributed by atoms with Crippen LogP contribution in [0.1, 0.15) is 57.2 Å². The van der Waals surface area contributed by atoms with Gasteiger partial charge in [0.15, 0.2) is 0 Å². The van der Waals surface area contributed by atoms with Crippen molar-refractivity contribution in [1.82, 2.24) is 14.8 Å². The number of aromatic amines is 1. The highest BCUT2D eigenvalue weighted by atomic mass is 16.2. The first kappa shape index (κ1) is 15.9. The quantitative estimate of drug-likeness (QED) is 0.792. The predicted octanol–water partition coefficient (Wildman–Crippen LogP) is 3.92. The summed E-state index contributed by atoms with van der Waals surface area (Å²) >= 11 is 0. The van der Waals surface area contributed by atoms with Crippen LogP contribution in [0.5, 0.6) is 0 Å². The van der Waals surface area contributed by atoms with Crippen molar-refractivity contribution in [3.05, 3.63) is 35.5 Å². The van der Waals surface area contributed by atoms with E-state index in [2.05, 4.69) is 31.0 Å². The third-order valence-corrected chi connectivity index (χ3v) is 6.61. The topological polar surface area (TPSA) is 56.4 Å². The number of hydrogen-bond acceptors (Lipinski definition) is 2. The Morgan fingerprint density at radius 1 is 1.08 bits per heavy atom. The van der Waals surface area contributed by atoms with Crippen LogP contribution in [-0.4, -0.2) is 38.8 Å². The molecule has 1 aliphatic carbocycles. The third-order valence-electron chi connectivity index (χ3n) is 6.61. The maximum Gasteiger partial charge on any atom is 0.328 e. The van der Waals surface area contributed by atoms with Crippen LogP contribution in [0.4, 0.5) is 4.79 Å². The molecule has 2 fully saturated rings. The van der Waals surface area contributed by atoms with Crippen LogP contribution in [0.15, 0.2) is 24.3 Å². The molecule has 1 saturated heterocycles. The fraction of sp³-hybridized carbons (Fsp3) is 0.524. The minimum absolute atomic E-state index is 0.00547. The largest absolute Gasteiger partial charge is 0.356 e. The molecule has 26 heavy (non-hydrogen) atoms. The molecular formula is C21H25N3O2. The summed E-state index contributed by atoms with van der Waals surface area (Å²) in [6.07, 6.45) is 5.94. The molecule has 1 saturated carbocycles. The molecule has 1 N–H and O–H groups in total. The summed E-state index contributed by atoms with van der Waals surface area (Å²) in [6, 6.07) is 7.84. The van der Waals surface area contributed by atoms with Crippen molar-refractivity contribution in [2.24, 2.45) is 0 Å². The molecule has 1 unspecified atom stereocenters. The fourth-order valence-electron chi connectivity index (χ4n) is 5.35. The summed E-state index contributed by atoms with van der Waals surface area (Å²) in [5.74, 6) is 0.00547. The van der Waals surface area contributed by atoms with Crippen LogP contribution in [0.3, 0.4) is 0 Å². The number of rotatable bonds is 1. The van der Waals surface area contributed by atoms with E-state index in [1.807, 2.05) is 17.0 Å². The molecule has 0 bridgehead atoms. The molecule has 2 aromatic rings. The summed E-state index contributed by atoms with van der Waals surface area (Å²) in [5.41, 5.74) is 2.82. The zero-order valence-corrected chi connectivity index (χ0v) is 15.4. The predicted molar refractivity (Wildman–Crippen MR) is 99.8 cm³/mol. The molecule has 5 rings (SSSR count). The Hall–Kier alpha value is -2.30. The molecule has 5 heteroatoms. The van der Waals surface area contributed by atoms with E-state index in [-0.39, 0.29) is 24.0 Å². The lowest BCUT2D eigenvalue weighted by Crippen LogP contribution is -2.52. The van der Waals surface area contributed by atoms with E-state index >= 15 is 0 Å². The van der Waals surface area contributed by atoms with Crippen LogP contribution < -0.4 is 0 Å². The SMILES string of the molecule is CC1(C)c2[nH]c3ccccc3c2CC2C(=O)N(C3CCCCC3)C(=O)N21. The number of benzene rings is 1. The minimum atomic E-state index is -0.520. The average molecular weight is 351 g/mol. The smallest absolute Gasteiger partial charge is 0.328 e. The first-order valence-electron chi connectivity index (χ1n) is 9.76. The summed E-state index contributed by atoms with van der Waals surface area (Å²) in [5, 5.41) is 1.17. The first-order valence-corrected chi connectivity index (χ1v) is 9.76. The van der Waals surface area contributed by atoms with Gasteiger partial charge in [-0.05, 0) is 38.3 Å². The van der Waals surface area contributed by atoms with Gasteiger partial charge in [0, 0.05) is 29.1 Å². The molecule has 3 aliphatic rings. The van der Waals surface area contributed by atoms with Crippen molar-refractivity contribution < 1.29 is 9.59 Å². The molecule has 1 atom stereocenters. The van der Waals surface area contributed by atoms with Gasteiger partial charge < -0.3 is 9.88 Å². The van der Waals surface area contributed by atoms with E-state index in [0.717, 1.165) is 36.9 Å². The van der Waals surface area contributed by atoms with Crippen molar-refractivity contribution in [2.75, 3.05) is 0 Å². The average Bonchev–Trinajstić information content (AvgIpc) is 3.13. The number of hydrogen-bond donors (Lipinski definition) is 1. The number of amides is 3. The second kappa shape index (κ2) is 5.35. The Labute approximate surface area is 153 Å². The maximum absolute atomic E-state index is 13.3. The standard InChI is InChI=1S/C21H25N3O2/c1-21(2)18-15(14-10-6-7-11-16(14)22-18)12-17-19(25)23(20(26)24(17)21)13-8-4-3-5-9-13/h6-7,10-11,13,17,22H,3-5,8-9,12H2,1-2H3. The number of fused-ring (bicyclic) bond motifs is 4. The van der Waals surface area contributed by atoms with E-state index in [4.69, 9.17) is 0 Å². The highest BCUT2D eigenvalue weighted by Crippen LogP contribution is 2.45. The second-order valence-corrected chi connectivity index (χ2v) is 8.46. The number of aromatic nitrogens is 1. The molecule has 5 nitrogen and oxygen atoms in total. The molecule has 2 aliphatic heterocycles. The lowest BCUT2D eigenvalue weighted by atomic mass is 9.85. The van der Waals surface area contributed by atoms with Gasteiger partial charge in [0.1, 0.15) is 6.04 Å². The first-order chi connectivity index (χ1) is 12.5. The van der Waals surface area contributed by atoms with Gasteiger partial charge in [-0.25, -0.2) is 4.79 Å². The maximum atomic E-state index is 13.3. The van der Waals surface area contributed by atoms with Crippen LogP contribution in [0.25, 0.3) is 10.9 Å². The van der Waals surface area contributed by atoms with Gasteiger partial charge in [-0.15, -0.1) is 0 Å². The highest BCUT2D eigenvalue weighted by molar-refractivity contribution is 6.06. The summed E-state index contributed by atoms with van der Waals surface area (Å²) in [4.78, 5) is 33.5. The van der Waals surface area contributed by atoms with Crippen LogP contribution in [0.2, 0.25) is 0 Å². The van der Waals surface area contributed by atoms with Crippen molar-refractivity contribution >= 4 is 22.8 Å². The fourth-order valence-corrected chi connectivity index (χ4v) is 5.35. The summed E-state index contributed by atoms with van der Waals surface area (Å²) < 4.78 is 0. The van der Waals surface area contributed by atoms with Gasteiger partial charge in [0.05, 0.1) is 5.54 Å². The Balaban J connectivity index is 1.60. The lowest BCUT2D eigenvalue weighted by Gasteiger charge is -2.42. The lowest BCUT2D eigenvalue weighted by molar-refractivity contribution is -0.131. The molecule has 1 aromatic carbocycles. The van der Waals surface area contributed by atoms with Gasteiger partial charge >= 0.3 is 6.03 Å². The molecule has 0 radical (unpaired) electrons. The van der Waals surface area contributed by atoms with E-state index in [9.17, 15) is 9.59 Å². The molecule has 3 heterocycles. The van der Waals surface area contributed by atoms with E-state index in [1.54, 1.807) is 4.90 Å². The van der Waals surface area contributed by atoms with E-state index < -0.39 is 5.54 Å². The Morgan fingerprint density at radius 2 is 1.81 bits per heavy atom. The summed E-state index contributed by atoms with van der Waals surface area (Å²) in [7, 11) is 0. The van der Waals surface area contributed by atoms with Crippen molar-refractivity contribution in [3.8, 4) is 0 Å². The number of nitrogens with one attached hydrogen (secondary N) is 1. The number of nitrogens with zero attached hydrogens (tertiary/aromatic N) is 2. The molecular weight excluding hydrogens is 326 g/mol. The Morgan fingerprint density at radius 3 is 2.58 bits per heavy atom. The van der Waals surface area contributed by atoms with Gasteiger partial charge in [0.2, 0.25) is 0 Å². The van der Waals surface area contributed by atoms with Crippen molar-refractivity contribution in [3.63, 3.8) is 0 Å². The number of imide groups is 1. The Bertz CT molecular complexity index is 907. The van der Waals surface area contributed by atoms with Crippen LogP contribution in [-0.2, 0) is 16.8 Å². The van der Waals surface area contributed by atoms with E-state index in [1.165, 1.54) is 17.4 Å². The number of carbonyl (C=O) groups is 2. The van der Waals surface area contributed by atoms with Crippen LogP contribution >= 0.6 is 0 Å². The van der Waals surface area contributed by atoms with Gasteiger partial charge in [0.25, 0.3) is 5.91 Å². The van der Waals surface area contributed by atoms with E-state index in [0.29, 0.717) is 6.42 Å². The van der Waals surface area contributed by atoms with Crippen LogP contribution in [0, 0.1) is 0 Å².